The van der Waals surface area contributed by atoms with E-state index in [2.05, 4.69) is 20.4 Å². The number of nitrogens with zero attached hydrogens (tertiary/aromatic N) is 3. The number of hydrogen-bond acceptors (Lipinski definition) is 3. The monoisotopic (exact) mass is 411 g/mol. The fourth-order valence-corrected chi connectivity index (χ4v) is 3.93. The minimum absolute atomic E-state index is 0.130. The normalized spacial score (nSPS) is 16.5. The second-order valence-electron chi connectivity index (χ2n) is 7.26. The van der Waals surface area contributed by atoms with Crippen LogP contribution in [0.15, 0.2) is 48.5 Å². The predicted molar refractivity (Wildman–Crippen MR) is 104 cm³/mol. The van der Waals surface area contributed by atoms with E-state index in [1.807, 2.05) is 31.2 Å². The van der Waals surface area contributed by atoms with E-state index in [4.69, 9.17) is 0 Å². The zero-order valence-electron chi connectivity index (χ0n) is 15.8. The highest BCUT2D eigenvalue weighted by atomic mass is 19.4. The van der Waals surface area contributed by atoms with Gasteiger partial charge in [0.1, 0.15) is 5.82 Å². The van der Waals surface area contributed by atoms with Crippen molar-refractivity contribution in [2.24, 2.45) is 0 Å². The van der Waals surface area contributed by atoms with Gasteiger partial charge in [0.2, 0.25) is 11.9 Å². The third kappa shape index (κ3) is 2.94. The fourth-order valence-electron chi connectivity index (χ4n) is 3.93. The van der Waals surface area contributed by atoms with E-state index in [-0.39, 0.29) is 12.3 Å². The van der Waals surface area contributed by atoms with Crippen LogP contribution in [-0.2, 0) is 11.0 Å². The predicted octanol–water partition coefficient (Wildman–Crippen LogP) is 4.55. The number of carbonyl (C=O) groups is 1. The van der Waals surface area contributed by atoms with Crippen LogP contribution in [0.4, 0.5) is 19.0 Å². The molecule has 0 aliphatic carbocycles. The zero-order valence-corrected chi connectivity index (χ0v) is 15.8. The number of hydrogen-bond donors (Lipinski definition) is 2. The first-order chi connectivity index (χ1) is 14.3. The summed E-state index contributed by atoms with van der Waals surface area (Å²) in [4.78, 5) is 20.2. The number of halogens is 3. The van der Waals surface area contributed by atoms with Crippen LogP contribution in [0, 0.1) is 6.92 Å². The second-order valence-corrected chi connectivity index (χ2v) is 7.26. The van der Waals surface area contributed by atoms with Crippen LogP contribution in [0.5, 0.6) is 0 Å². The number of anilines is 1. The molecule has 2 aromatic carbocycles. The molecular formula is C21H16F3N5O. The third-order valence-corrected chi connectivity index (χ3v) is 5.32. The van der Waals surface area contributed by atoms with E-state index >= 15 is 0 Å². The standard InChI is InChI=1S/C21H16F3N5O/c1-11-18-14(12-6-8-13(9-7-12)21(22,23)24)10-17(30)27-19(18)29(28-11)20-25-15-4-2-3-5-16(15)26-20/h2-9,14H,10H2,1H3,(H,25,26)(H,27,30). The SMILES string of the molecule is Cc1nn(-c2nc3ccccc3[nH]2)c2c1C(c1ccc(C(F)(F)F)cc1)CC(=O)N2. The van der Waals surface area contributed by atoms with Gasteiger partial charge in [0.25, 0.3) is 0 Å². The maximum atomic E-state index is 12.9. The Labute approximate surface area is 168 Å². The Morgan fingerprint density at radius 2 is 1.83 bits per heavy atom. The third-order valence-electron chi connectivity index (χ3n) is 5.32. The van der Waals surface area contributed by atoms with E-state index in [1.165, 1.54) is 12.1 Å². The number of fused-ring (bicyclic) bond motifs is 2. The molecule has 0 saturated heterocycles. The molecule has 1 atom stereocenters. The van der Waals surface area contributed by atoms with E-state index in [0.717, 1.165) is 28.7 Å². The van der Waals surface area contributed by atoms with Crippen molar-refractivity contribution < 1.29 is 18.0 Å². The molecular weight excluding hydrogens is 395 g/mol. The summed E-state index contributed by atoms with van der Waals surface area (Å²) in [5, 5.41) is 7.40. The van der Waals surface area contributed by atoms with Crippen LogP contribution >= 0.6 is 0 Å². The lowest BCUT2D eigenvalue weighted by atomic mass is 9.85. The fraction of sp³-hybridized carbons (Fsp3) is 0.190. The Morgan fingerprint density at radius 1 is 1.10 bits per heavy atom. The average molecular weight is 411 g/mol. The van der Waals surface area contributed by atoms with Crippen molar-refractivity contribution in [1.29, 1.82) is 0 Å². The first-order valence-electron chi connectivity index (χ1n) is 9.33. The van der Waals surface area contributed by atoms with Crippen LogP contribution < -0.4 is 5.32 Å². The molecule has 0 fully saturated rings. The van der Waals surface area contributed by atoms with Gasteiger partial charge < -0.3 is 10.3 Å². The summed E-state index contributed by atoms with van der Waals surface area (Å²) in [7, 11) is 0. The smallest absolute Gasteiger partial charge is 0.322 e. The Hall–Kier alpha value is -3.62. The van der Waals surface area contributed by atoms with Crippen molar-refractivity contribution in [3.05, 3.63) is 70.9 Å². The number of amides is 1. The van der Waals surface area contributed by atoms with Crippen LogP contribution in [0.3, 0.4) is 0 Å². The number of para-hydroxylation sites is 2. The van der Waals surface area contributed by atoms with Crippen LogP contribution in [0.2, 0.25) is 0 Å². The van der Waals surface area contributed by atoms with E-state index in [1.54, 1.807) is 4.68 Å². The maximum absolute atomic E-state index is 12.9. The maximum Gasteiger partial charge on any atom is 0.416 e. The van der Waals surface area contributed by atoms with Crippen molar-refractivity contribution >= 4 is 22.8 Å². The summed E-state index contributed by atoms with van der Waals surface area (Å²) in [6.45, 7) is 1.81. The van der Waals surface area contributed by atoms with Gasteiger partial charge in [-0.05, 0) is 36.8 Å². The van der Waals surface area contributed by atoms with Crippen LogP contribution in [0.25, 0.3) is 17.0 Å². The molecule has 4 aromatic rings. The first kappa shape index (κ1) is 18.4. The Balaban J connectivity index is 1.61. The van der Waals surface area contributed by atoms with Gasteiger partial charge in [0, 0.05) is 17.9 Å². The number of aryl methyl sites for hydroxylation is 1. The summed E-state index contributed by atoms with van der Waals surface area (Å²) in [5.74, 6) is 0.306. The van der Waals surface area contributed by atoms with Crippen molar-refractivity contribution in [3.8, 4) is 5.95 Å². The number of benzene rings is 2. The number of aromatic amines is 1. The number of imidazole rings is 1. The second kappa shape index (κ2) is 6.45. The molecule has 3 heterocycles. The lowest BCUT2D eigenvalue weighted by Gasteiger charge is -2.24. The molecule has 1 amide bonds. The highest BCUT2D eigenvalue weighted by Crippen LogP contribution is 2.41. The molecule has 2 aromatic heterocycles. The van der Waals surface area contributed by atoms with E-state index < -0.39 is 17.7 Å². The van der Waals surface area contributed by atoms with Gasteiger partial charge >= 0.3 is 6.18 Å². The number of nitrogens with one attached hydrogen (secondary N) is 2. The van der Waals surface area contributed by atoms with Gasteiger partial charge in [0.15, 0.2) is 0 Å². The number of H-pyrrole nitrogens is 1. The van der Waals surface area contributed by atoms with Gasteiger partial charge in [-0.15, -0.1) is 0 Å². The molecule has 152 valence electrons. The minimum atomic E-state index is -4.41. The number of carbonyl (C=O) groups excluding carboxylic acids is 1. The summed E-state index contributed by atoms with van der Waals surface area (Å²) >= 11 is 0. The molecule has 0 radical (unpaired) electrons. The molecule has 9 heteroatoms. The molecule has 1 unspecified atom stereocenters. The van der Waals surface area contributed by atoms with E-state index in [9.17, 15) is 18.0 Å². The first-order valence-corrected chi connectivity index (χ1v) is 9.33. The highest BCUT2D eigenvalue weighted by molar-refractivity contribution is 5.95. The summed E-state index contributed by atoms with van der Waals surface area (Å²) in [5.41, 5.74) is 2.95. The van der Waals surface area contributed by atoms with Gasteiger partial charge in [-0.2, -0.15) is 23.0 Å². The lowest BCUT2D eigenvalue weighted by molar-refractivity contribution is -0.137. The van der Waals surface area contributed by atoms with Crippen LogP contribution in [0.1, 0.15) is 34.7 Å². The van der Waals surface area contributed by atoms with Crippen molar-refractivity contribution in [3.63, 3.8) is 0 Å². The lowest BCUT2D eigenvalue weighted by Crippen LogP contribution is -2.25. The van der Waals surface area contributed by atoms with Gasteiger partial charge in [0.05, 0.1) is 22.3 Å². The molecule has 0 bridgehead atoms. The molecule has 0 spiro atoms. The highest BCUT2D eigenvalue weighted by Gasteiger charge is 2.34. The average Bonchev–Trinajstić information content (AvgIpc) is 3.28. The Bertz CT molecular complexity index is 1240. The molecule has 5 rings (SSSR count). The summed E-state index contributed by atoms with van der Waals surface area (Å²) in [6.07, 6.45) is -4.28. The zero-order chi connectivity index (χ0) is 21.0. The van der Waals surface area contributed by atoms with E-state index in [0.29, 0.717) is 23.0 Å². The minimum Gasteiger partial charge on any atom is -0.322 e. The molecule has 1 aliphatic rings. The Morgan fingerprint density at radius 3 is 2.53 bits per heavy atom. The summed E-state index contributed by atoms with van der Waals surface area (Å²) < 4.78 is 40.3. The van der Waals surface area contributed by atoms with Crippen LogP contribution in [-0.4, -0.2) is 25.7 Å². The van der Waals surface area contributed by atoms with Crippen molar-refractivity contribution in [2.75, 3.05) is 5.32 Å². The molecule has 6 nitrogen and oxygen atoms in total. The summed E-state index contributed by atoms with van der Waals surface area (Å²) in [6, 6.07) is 12.4. The van der Waals surface area contributed by atoms with Gasteiger partial charge in [-0.1, -0.05) is 24.3 Å². The Kier molecular flexibility index (Phi) is 3.96. The number of alkyl halides is 3. The number of aromatic nitrogens is 4. The van der Waals surface area contributed by atoms with Crippen molar-refractivity contribution in [2.45, 2.75) is 25.4 Å². The molecule has 30 heavy (non-hydrogen) atoms. The molecule has 2 N–H and O–H groups in total. The molecule has 0 saturated carbocycles. The van der Waals surface area contributed by atoms with Gasteiger partial charge in [-0.3, -0.25) is 4.79 Å². The molecule has 1 aliphatic heterocycles. The van der Waals surface area contributed by atoms with Gasteiger partial charge in [-0.25, -0.2) is 4.98 Å². The largest absolute Gasteiger partial charge is 0.416 e. The van der Waals surface area contributed by atoms with Crippen molar-refractivity contribution in [1.82, 2.24) is 19.7 Å². The topological polar surface area (TPSA) is 75.6 Å². The number of rotatable bonds is 2. The quantitative estimate of drug-likeness (QED) is 0.508.